The van der Waals surface area contributed by atoms with Crippen LogP contribution in [0.1, 0.15) is 37.4 Å². The number of H-pyrrole nitrogens is 1. The first-order valence-electron chi connectivity index (χ1n) is 6.25. The molecule has 0 saturated heterocycles. The van der Waals surface area contributed by atoms with Gasteiger partial charge in [0.15, 0.2) is 5.82 Å². The van der Waals surface area contributed by atoms with Crippen LogP contribution >= 0.6 is 0 Å². The molecular weight excluding hydrogens is 228 g/mol. The highest BCUT2D eigenvalue weighted by molar-refractivity contribution is 5.64. The minimum absolute atomic E-state index is 0.0692. The fourth-order valence-electron chi connectivity index (χ4n) is 2.47. The second-order valence-electron chi connectivity index (χ2n) is 4.80. The number of phenolic OH excluding ortho intramolecular Hbond substituents is 1. The molecule has 0 aliphatic heterocycles. The minimum Gasteiger partial charge on any atom is -0.506 e. The quantitative estimate of drug-likeness (QED) is 0.559. The molecule has 0 radical (unpaired) electrons. The number of nitrogen functional groups attached to an aromatic ring is 1. The van der Waals surface area contributed by atoms with Crippen LogP contribution in [0.2, 0.25) is 0 Å². The highest BCUT2D eigenvalue weighted by Gasteiger charge is 2.20. The van der Waals surface area contributed by atoms with E-state index in [1.54, 1.807) is 12.1 Å². The topological polar surface area (TPSA) is 87.8 Å². The van der Waals surface area contributed by atoms with E-state index in [4.69, 9.17) is 5.73 Å². The van der Waals surface area contributed by atoms with Gasteiger partial charge in [-0.05, 0) is 31.0 Å². The number of nitrogens with two attached hydrogens (primary N) is 1. The van der Waals surface area contributed by atoms with E-state index in [0.29, 0.717) is 17.4 Å². The van der Waals surface area contributed by atoms with Crippen LogP contribution in [0.3, 0.4) is 0 Å². The second kappa shape index (κ2) is 4.33. The number of phenols is 1. The van der Waals surface area contributed by atoms with Gasteiger partial charge in [0.1, 0.15) is 11.6 Å². The Bertz CT molecular complexity index is 558. The molecule has 1 heterocycles. The second-order valence-corrected chi connectivity index (χ2v) is 4.80. The van der Waals surface area contributed by atoms with Gasteiger partial charge in [-0.3, -0.25) is 5.10 Å². The van der Waals surface area contributed by atoms with E-state index in [9.17, 15) is 5.11 Å². The summed E-state index contributed by atoms with van der Waals surface area (Å²) < 4.78 is 0. The fourth-order valence-corrected chi connectivity index (χ4v) is 2.47. The van der Waals surface area contributed by atoms with E-state index in [-0.39, 0.29) is 5.75 Å². The SMILES string of the molecule is Nc1ccc(-c2n[nH]c(C3CCCC3)n2)cc1O. The van der Waals surface area contributed by atoms with E-state index >= 15 is 0 Å². The monoisotopic (exact) mass is 244 g/mol. The Morgan fingerprint density at radius 3 is 2.78 bits per heavy atom. The summed E-state index contributed by atoms with van der Waals surface area (Å²) in [5, 5.41) is 16.8. The summed E-state index contributed by atoms with van der Waals surface area (Å²) in [7, 11) is 0. The Hall–Kier alpha value is -2.04. The molecule has 1 aromatic heterocycles. The van der Waals surface area contributed by atoms with Gasteiger partial charge in [0.25, 0.3) is 0 Å². The molecule has 1 fully saturated rings. The van der Waals surface area contributed by atoms with Crippen LogP contribution in [0.25, 0.3) is 11.4 Å². The predicted octanol–water partition coefficient (Wildman–Crippen LogP) is 2.42. The molecule has 5 heteroatoms. The van der Waals surface area contributed by atoms with Crippen LogP contribution in [0, 0.1) is 0 Å². The van der Waals surface area contributed by atoms with Crippen molar-refractivity contribution in [3.8, 4) is 17.1 Å². The summed E-state index contributed by atoms with van der Waals surface area (Å²) in [5.74, 6) is 2.15. The average Bonchev–Trinajstić information content (AvgIpc) is 3.01. The van der Waals surface area contributed by atoms with Crippen molar-refractivity contribution >= 4 is 5.69 Å². The van der Waals surface area contributed by atoms with E-state index in [1.807, 2.05) is 6.07 Å². The smallest absolute Gasteiger partial charge is 0.181 e. The number of rotatable bonds is 2. The van der Waals surface area contributed by atoms with Gasteiger partial charge in [0, 0.05) is 11.5 Å². The van der Waals surface area contributed by atoms with E-state index in [1.165, 1.54) is 25.7 Å². The van der Waals surface area contributed by atoms with Crippen molar-refractivity contribution in [2.45, 2.75) is 31.6 Å². The van der Waals surface area contributed by atoms with Crippen molar-refractivity contribution in [1.29, 1.82) is 0 Å². The molecule has 4 N–H and O–H groups in total. The van der Waals surface area contributed by atoms with Gasteiger partial charge < -0.3 is 10.8 Å². The maximum absolute atomic E-state index is 9.59. The van der Waals surface area contributed by atoms with Crippen LogP contribution in [0.5, 0.6) is 5.75 Å². The maximum Gasteiger partial charge on any atom is 0.181 e. The number of hydrogen-bond acceptors (Lipinski definition) is 4. The third kappa shape index (κ3) is 1.92. The van der Waals surface area contributed by atoms with Crippen LogP contribution in [-0.2, 0) is 0 Å². The third-order valence-electron chi connectivity index (χ3n) is 3.53. The molecule has 1 aliphatic carbocycles. The molecular formula is C13H16N4O. The molecule has 1 aliphatic rings. The van der Waals surface area contributed by atoms with Gasteiger partial charge in [0.05, 0.1) is 5.69 Å². The number of aromatic amines is 1. The molecule has 18 heavy (non-hydrogen) atoms. The lowest BCUT2D eigenvalue weighted by molar-refractivity contribution is 0.478. The zero-order valence-electron chi connectivity index (χ0n) is 10.1. The summed E-state index contributed by atoms with van der Waals surface area (Å²) in [6, 6.07) is 5.07. The molecule has 0 amide bonds. The van der Waals surface area contributed by atoms with Crippen molar-refractivity contribution in [1.82, 2.24) is 15.2 Å². The molecule has 3 rings (SSSR count). The van der Waals surface area contributed by atoms with E-state index in [2.05, 4.69) is 15.2 Å². The lowest BCUT2D eigenvalue weighted by Gasteiger charge is -2.02. The predicted molar refractivity (Wildman–Crippen MR) is 69.1 cm³/mol. The van der Waals surface area contributed by atoms with Crippen molar-refractivity contribution in [3.63, 3.8) is 0 Å². The van der Waals surface area contributed by atoms with Crippen LogP contribution in [0.15, 0.2) is 18.2 Å². The van der Waals surface area contributed by atoms with Crippen molar-refractivity contribution < 1.29 is 5.11 Å². The van der Waals surface area contributed by atoms with Crippen molar-refractivity contribution in [2.75, 3.05) is 5.73 Å². The largest absolute Gasteiger partial charge is 0.506 e. The number of nitrogens with one attached hydrogen (secondary N) is 1. The molecule has 1 aromatic carbocycles. The van der Waals surface area contributed by atoms with Crippen LogP contribution in [0.4, 0.5) is 5.69 Å². The first kappa shape index (κ1) is 11.1. The highest BCUT2D eigenvalue weighted by atomic mass is 16.3. The number of hydrogen-bond donors (Lipinski definition) is 3. The number of benzene rings is 1. The molecule has 0 spiro atoms. The standard InChI is InChI=1S/C13H16N4O/c14-10-6-5-9(7-11(10)18)13-15-12(16-17-13)8-3-1-2-4-8/h5-8,18H,1-4,14H2,(H,15,16,17). The summed E-state index contributed by atoms with van der Waals surface area (Å²) in [6.07, 6.45) is 4.90. The Labute approximate surface area is 105 Å². The summed E-state index contributed by atoms with van der Waals surface area (Å²) in [6.45, 7) is 0. The zero-order chi connectivity index (χ0) is 12.5. The summed E-state index contributed by atoms with van der Waals surface area (Å²) >= 11 is 0. The molecule has 94 valence electrons. The number of nitrogens with zero attached hydrogens (tertiary/aromatic N) is 2. The Kier molecular flexibility index (Phi) is 2.66. The lowest BCUT2D eigenvalue weighted by Crippen LogP contribution is -1.94. The van der Waals surface area contributed by atoms with Gasteiger partial charge in [-0.2, -0.15) is 5.10 Å². The summed E-state index contributed by atoms with van der Waals surface area (Å²) in [4.78, 5) is 4.51. The number of anilines is 1. The average molecular weight is 244 g/mol. The Morgan fingerprint density at radius 2 is 2.06 bits per heavy atom. The number of aromatic nitrogens is 3. The Balaban J connectivity index is 1.89. The molecule has 5 nitrogen and oxygen atoms in total. The first-order valence-corrected chi connectivity index (χ1v) is 6.25. The molecule has 2 aromatic rings. The fraction of sp³-hybridized carbons (Fsp3) is 0.385. The van der Waals surface area contributed by atoms with E-state index in [0.717, 1.165) is 11.4 Å². The van der Waals surface area contributed by atoms with E-state index < -0.39 is 0 Å². The van der Waals surface area contributed by atoms with Gasteiger partial charge >= 0.3 is 0 Å². The molecule has 0 bridgehead atoms. The van der Waals surface area contributed by atoms with Gasteiger partial charge in [-0.1, -0.05) is 12.8 Å². The van der Waals surface area contributed by atoms with Gasteiger partial charge in [-0.25, -0.2) is 4.98 Å². The summed E-state index contributed by atoms with van der Waals surface area (Å²) in [5.41, 5.74) is 6.72. The van der Waals surface area contributed by atoms with Crippen molar-refractivity contribution in [2.24, 2.45) is 0 Å². The maximum atomic E-state index is 9.59. The van der Waals surface area contributed by atoms with Gasteiger partial charge in [-0.15, -0.1) is 0 Å². The van der Waals surface area contributed by atoms with Crippen LogP contribution < -0.4 is 5.73 Å². The molecule has 1 saturated carbocycles. The number of aromatic hydroxyl groups is 1. The van der Waals surface area contributed by atoms with Crippen molar-refractivity contribution in [3.05, 3.63) is 24.0 Å². The Morgan fingerprint density at radius 1 is 1.28 bits per heavy atom. The highest BCUT2D eigenvalue weighted by Crippen LogP contribution is 2.33. The minimum atomic E-state index is 0.0692. The normalized spacial score (nSPS) is 16.2. The third-order valence-corrected chi connectivity index (χ3v) is 3.53. The first-order chi connectivity index (χ1) is 8.74. The lowest BCUT2D eigenvalue weighted by atomic mass is 10.1. The van der Waals surface area contributed by atoms with Crippen LogP contribution in [-0.4, -0.2) is 20.3 Å². The molecule has 0 unspecified atom stereocenters. The molecule has 0 atom stereocenters. The van der Waals surface area contributed by atoms with Gasteiger partial charge in [0.2, 0.25) is 0 Å². The zero-order valence-corrected chi connectivity index (χ0v) is 10.1.